The number of nitrogens with two attached hydrogens (primary N) is 2. The Bertz CT molecular complexity index is 404. The molecule has 0 spiro atoms. The van der Waals surface area contributed by atoms with Crippen LogP contribution in [-0.2, 0) is 6.42 Å². The average molecular weight is 187 g/mol. The van der Waals surface area contributed by atoms with Crippen LogP contribution < -0.4 is 11.5 Å². The van der Waals surface area contributed by atoms with E-state index in [0.29, 0.717) is 11.3 Å². The summed E-state index contributed by atoms with van der Waals surface area (Å²) in [7, 11) is 0. The van der Waals surface area contributed by atoms with E-state index in [1.807, 2.05) is 12.1 Å². The first kappa shape index (κ1) is 9.04. The number of fused-ring (bicyclic) bond motifs is 1. The number of nitrogen functional groups attached to an aromatic ring is 1. The van der Waals surface area contributed by atoms with Gasteiger partial charge in [0.05, 0.1) is 5.56 Å². The summed E-state index contributed by atoms with van der Waals surface area (Å²) < 4.78 is 0. The summed E-state index contributed by atoms with van der Waals surface area (Å²) in [5.74, 6) is 0. The van der Waals surface area contributed by atoms with Gasteiger partial charge in [-0.05, 0) is 42.5 Å². The van der Waals surface area contributed by atoms with Gasteiger partial charge in [0, 0.05) is 11.7 Å². The molecule has 0 fully saturated rings. The molecule has 0 aliphatic heterocycles. The molecular formula is C11H13N3. The summed E-state index contributed by atoms with van der Waals surface area (Å²) in [6, 6.07) is 5.90. The number of rotatable bonds is 0. The van der Waals surface area contributed by atoms with E-state index in [4.69, 9.17) is 16.7 Å². The highest BCUT2D eigenvalue weighted by molar-refractivity contribution is 5.58. The zero-order valence-corrected chi connectivity index (χ0v) is 7.96. The lowest BCUT2D eigenvalue weighted by atomic mass is 9.86. The van der Waals surface area contributed by atoms with E-state index in [9.17, 15) is 0 Å². The van der Waals surface area contributed by atoms with Gasteiger partial charge in [-0.3, -0.25) is 0 Å². The lowest BCUT2D eigenvalue weighted by Gasteiger charge is -2.22. The third-order valence-electron chi connectivity index (χ3n) is 2.79. The molecule has 1 aliphatic rings. The van der Waals surface area contributed by atoms with Gasteiger partial charge in [-0.2, -0.15) is 5.26 Å². The molecule has 3 heteroatoms. The Morgan fingerprint density at radius 1 is 1.43 bits per heavy atom. The van der Waals surface area contributed by atoms with Crippen molar-refractivity contribution in [2.75, 3.05) is 5.73 Å². The third kappa shape index (κ3) is 1.34. The molecule has 2 rings (SSSR count). The van der Waals surface area contributed by atoms with Crippen molar-refractivity contribution in [2.45, 2.75) is 25.3 Å². The minimum absolute atomic E-state index is 0.0754. The predicted octanol–water partition coefficient (Wildman–Crippen LogP) is 1.48. The Hall–Kier alpha value is -1.53. The molecule has 0 heterocycles. The van der Waals surface area contributed by atoms with Gasteiger partial charge in [0.1, 0.15) is 6.07 Å². The van der Waals surface area contributed by atoms with Gasteiger partial charge in [0.15, 0.2) is 0 Å². The topological polar surface area (TPSA) is 75.8 Å². The van der Waals surface area contributed by atoms with Gasteiger partial charge < -0.3 is 11.5 Å². The molecule has 4 N–H and O–H groups in total. The van der Waals surface area contributed by atoms with Crippen LogP contribution in [0.25, 0.3) is 0 Å². The molecular weight excluding hydrogens is 174 g/mol. The van der Waals surface area contributed by atoms with Crippen LogP contribution in [-0.4, -0.2) is 0 Å². The first-order valence-corrected chi connectivity index (χ1v) is 4.80. The van der Waals surface area contributed by atoms with Crippen molar-refractivity contribution in [1.29, 1.82) is 5.26 Å². The Morgan fingerprint density at radius 2 is 2.21 bits per heavy atom. The quantitative estimate of drug-likeness (QED) is 0.604. The first-order valence-electron chi connectivity index (χ1n) is 4.80. The highest BCUT2D eigenvalue weighted by atomic mass is 14.6. The van der Waals surface area contributed by atoms with Crippen LogP contribution in [0.2, 0.25) is 0 Å². The largest absolute Gasteiger partial charge is 0.398 e. The van der Waals surface area contributed by atoms with Crippen LogP contribution in [0.15, 0.2) is 12.1 Å². The highest BCUT2D eigenvalue weighted by Crippen LogP contribution is 2.30. The third-order valence-corrected chi connectivity index (χ3v) is 2.79. The number of aryl methyl sites for hydroxylation is 1. The lowest BCUT2D eigenvalue weighted by molar-refractivity contribution is 0.570. The van der Waals surface area contributed by atoms with Crippen molar-refractivity contribution in [3.05, 3.63) is 28.8 Å². The lowest BCUT2D eigenvalue weighted by Crippen LogP contribution is -2.18. The minimum Gasteiger partial charge on any atom is -0.398 e. The van der Waals surface area contributed by atoms with Crippen molar-refractivity contribution in [3.8, 4) is 6.07 Å². The van der Waals surface area contributed by atoms with E-state index >= 15 is 0 Å². The number of hydrogen-bond donors (Lipinski definition) is 2. The average Bonchev–Trinajstić information content (AvgIpc) is 2.17. The standard InChI is InChI=1S/C11H13N3/c12-6-8-4-9-7(5-11(8)14)2-1-3-10(9)13/h4-5,10H,1-3,13-14H2/t10-/m1/s1. The molecule has 0 aromatic heterocycles. The van der Waals surface area contributed by atoms with Crippen molar-refractivity contribution in [1.82, 2.24) is 0 Å². The van der Waals surface area contributed by atoms with Crippen molar-refractivity contribution >= 4 is 5.69 Å². The van der Waals surface area contributed by atoms with Gasteiger partial charge in [-0.1, -0.05) is 0 Å². The van der Waals surface area contributed by atoms with Crippen LogP contribution in [0.5, 0.6) is 0 Å². The van der Waals surface area contributed by atoms with E-state index in [1.54, 1.807) is 0 Å². The number of nitrogens with zero attached hydrogens (tertiary/aromatic N) is 1. The molecule has 72 valence electrons. The van der Waals surface area contributed by atoms with Crippen LogP contribution in [0.4, 0.5) is 5.69 Å². The zero-order valence-electron chi connectivity index (χ0n) is 7.96. The van der Waals surface area contributed by atoms with Crippen LogP contribution in [0.1, 0.15) is 35.6 Å². The Labute approximate surface area is 83.3 Å². The van der Waals surface area contributed by atoms with Gasteiger partial charge in [-0.25, -0.2) is 0 Å². The van der Waals surface area contributed by atoms with E-state index in [1.165, 1.54) is 5.56 Å². The summed E-state index contributed by atoms with van der Waals surface area (Å²) in [6.45, 7) is 0. The second kappa shape index (κ2) is 3.32. The molecule has 1 aromatic carbocycles. The number of anilines is 1. The molecule has 0 radical (unpaired) electrons. The summed E-state index contributed by atoms with van der Waals surface area (Å²) in [5.41, 5.74) is 15.1. The summed E-state index contributed by atoms with van der Waals surface area (Å²) in [5, 5.41) is 8.84. The highest BCUT2D eigenvalue weighted by Gasteiger charge is 2.18. The minimum atomic E-state index is 0.0754. The van der Waals surface area contributed by atoms with Crippen molar-refractivity contribution < 1.29 is 0 Å². The molecule has 0 amide bonds. The van der Waals surface area contributed by atoms with Gasteiger partial charge in [-0.15, -0.1) is 0 Å². The molecule has 1 atom stereocenters. The SMILES string of the molecule is N#Cc1cc2c(cc1N)CCC[C@H]2N. The normalized spacial score (nSPS) is 19.9. The molecule has 14 heavy (non-hydrogen) atoms. The number of benzene rings is 1. The number of hydrogen-bond acceptors (Lipinski definition) is 3. The summed E-state index contributed by atoms with van der Waals surface area (Å²) in [6.07, 6.45) is 3.14. The molecule has 0 bridgehead atoms. The predicted molar refractivity (Wildman–Crippen MR) is 55.4 cm³/mol. The number of nitriles is 1. The molecule has 1 aromatic rings. The Kier molecular flexibility index (Phi) is 2.14. The maximum atomic E-state index is 8.84. The molecule has 0 unspecified atom stereocenters. The van der Waals surface area contributed by atoms with Crippen LogP contribution in [0, 0.1) is 11.3 Å². The molecule has 0 saturated heterocycles. The maximum absolute atomic E-state index is 8.84. The summed E-state index contributed by atoms with van der Waals surface area (Å²) in [4.78, 5) is 0. The fourth-order valence-corrected chi connectivity index (χ4v) is 2.01. The van der Waals surface area contributed by atoms with E-state index in [2.05, 4.69) is 6.07 Å². The Balaban J connectivity index is 2.56. The van der Waals surface area contributed by atoms with Crippen LogP contribution in [0.3, 0.4) is 0 Å². The fraction of sp³-hybridized carbons (Fsp3) is 0.364. The maximum Gasteiger partial charge on any atom is 0.101 e. The summed E-state index contributed by atoms with van der Waals surface area (Å²) >= 11 is 0. The van der Waals surface area contributed by atoms with Gasteiger partial charge in [0.25, 0.3) is 0 Å². The Morgan fingerprint density at radius 3 is 2.93 bits per heavy atom. The van der Waals surface area contributed by atoms with Gasteiger partial charge in [0.2, 0.25) is 0 Å². The fourth-order valence-electron chi connectivity index (χ4n) is 2.01. The molecule has 1 aliphatic carbocycles. The van der Waals surface area contributed by atoms with Crippen molar-refractivity contribution in [2.24, 2.45) is 5.73 Å². The van der Waals surface area contributed by atoms with Gasteiger partial charge >= 0.3 is 0 Å². The zero-order chi connectivity index (χ0) is 10.1. The molecule has 3 nitrogen and oxygen atoms in total. The van der Waals surface area contributed by atoms with E-state index in [-0.39, 0.29) is 6.04 Å². The van der Waals surface area contributed by atoms with E-state index in [0.717, 1.165) is 24.8 Å². The van der Waals surface area contributed by atoms with Crippen molar-refractivity contribution in [3.63, 3.8) is 0 Å². The molecule has 0 saturated carbocycles. The van der Waals surface area contributed by atoms with Crippen LogP contribution >= 0.6 is 0 Å². The van der Waals surface area contributed by atoms with E-state index < -0.39 is 0 Å². The second-order valence-corrected chi connectivity index (χ2v) is 3.75. The smallest absolute Gasteiger partial charge is 0.101 e. The monoisotopic (exact) mass is 187 g/mol. The second-order valence-electron chi connectivity index (χ2n) is 3.75. The first-order chi connectivity index (χ1) is 6.72.